The van der Waals surface area contributed by atoms with E-state index in [0.29, 0.717) is 34.2 Å². The van der Waals surface area contributed by atoms with Gasteiger partial charge in [-0.1, -0.05) is 36.4 Å². The van der Waals surface area contributed by atoms with Gasteiger partial charge in [-0.15, -0.1) is 0 Å². The van der Waals surface area contributed by atoms with Crippen LogP contribution in [-0.2, 0) is 14.4 Å². The van der Waals surface area contributed by atoms with Gasteiger partial charge in [-0.25, -0.2) is 0 Å². The lowest BCUT2D eigenvalue weighted by molar-refractivity contribution is -0.150. The first kappa shape index (κ1) is 27.7. The minimum absolute atomic E-state index is 0.381. The summed E-state index contributed by atoms with van der Waals surface area (Å²) in [7, 11) is 4.49. The zero-order chi connectivity index (χ0) is 28.2. The number of ether oxygens (including phenoxy) is 3. The summed E-state index contributed by atoms with van der Waals surface area (Å²) < 4.78 is 16.0. The van der Waals surface area contributed by atoms with Gasteiger partial charge in [-0.05, 0) is 48.9 Å². The van der Waals surface area contributed by atoms with Crippen molar-refractivity contribution >= 4 is 29.0 Å². The van der Waals surface area contributed by atoms with E-state index >= 15 is 0 Å². The van der Waals surface area contributed by atoms with Gasteiger partial charge in [0.25, 0.3) is 0 Å². The molecule has 0 radical (unpaired) electrons. The van der Waals surface area contributed by atoms with E-state index in [1.54, 1.807) is 72.8 Å². The first-order valence-electron chi connectivity index (χ1n) is 12.5. The second-order valence-corrected chi connectivity index (χ2v) is 9.63. The smallest absolute Gasteiger partial charge is 0.235 e. The lowest BCUT2D eigenvalue weighted by atomic mass is 9.61. The molecule has 1 fully saturated rings. The van der Waals surface area contributed by atoms with Crippen LogP contribution in [0.5, 0.6) is 17.2 Å². The number of benzene rings is 3. The number of rotatable bonds is 8. The number of hydrogen-bond donors (Lipinski definition) is 3. The molecule has 0 aromatic heterocycles. The van der Waals surface area contributed by atoms with Crippen LogP contribution in [0.3, 0.4) is 0 Å². The third-order valence-electron chi connectivity index (χ3n) is 7.06. The minimum Gasteiger partial charge on any atom is -0.497 e. The lowest BCUT2D eigenvalue weighted by Gasteiger charge is -2.44. The van der Waals surface area contributed by atoms with E-state index in [0.717, 1.165) is 0 Å². The highest BCUT2D eigenvalue weighted by Crippen LogP contribution is 2.47. The van der Waals surface area contributed by atoms with Gasteiger partial charge in [-0.3, -0.25) is 14.4 Å². The predicted molar refractivity (Wildman–Crippen MR) is 146 cm³/mol. The maximum atomic E-state index is 13.9. The van der Waals surface area contributed by atoms with Gasteiger partial charge in [0, 0.05) is 12.3 Å². The summed E-state index contributed by atoms with van der Waals surface area (Å²) >= 11 is 0. The summed E-state index contributed by atoms with van der Waals surface area (Å²) in [5, 5.41) is 17.1. The predicted octanol–water partition coefficient (Wildman–Crippen LogP) is 4.03. The summed E-state index contributed by atoms with van der Waals surface area (Å²) in [5.41, 5.74) is -0.418. The average Bonchev–Trinajstić information content (AvgIpc) is 2.92. The number of anilines is 2. The largest absolute Gasteiger partial charge is 0.497 e. The molecule has 0 unspecified atom stereocenters. The monoisotopic (exact) mass is 532 g/mol. The molecule has 39 heavy (non-hydrogen) atoms. The Hall–Kier alpha value is -4.37. The number of hydrogen-bond acceptors (Lipinski definition) is 7. The van der Waals surface area contributed by atoms with Gasteiger partial charge in [0.05, 0.1) is 44.2 Å². The molecule has 0 spiro atoms. The third-order valence-corrected chi connectivity index (χ3v) is 7.06. The van der Waals surface area contributed by atoms with E-state index in [1.165, 1.54) is 28.3 Å². The van der Waals surface area contributed by atoms with Crippen LogP contribution in [0.2, 0.25) is 0 Å². The Morgan fingerprint density at radius 2 is 1.31 bits per heavy atom. The third kappa shape index (κ3) is 5.73. The lowest BCUT2D eigenvalue weighted by Crippen LogP contribution is -2.56. The molecule has 2 amide bonds. The van der Waals surface area contributed by atoms with E-state index in [-0.39, 0.29) is 6.42 Å². The number of Topliss-reactive ketones (excluding diaryl/α,β-unsaturated/α-hetero) is 1. The number of methoxy groups -OCH3 is 3. The molecule has 0 saturated heterocycles. The van der Waals surface area contributed by atoms with Crippen molar-refractivity contribution in [3.8, 4) is 17.2 Å². The minimum atomic E-state index is -1.74. The van der Waals surface area contributed by atoms with Gasteiger partial charge in [0.1, 0.15) is 28.9 Å². The van der Waals surface area contributed by atoms with Crippen molar-refractivity contribution in [1.82, 2.24) is 0 Å². The highest BCUT2D eigenvalue weighted by Gasteiger charge is 2.56. The Morgan fingerprint density at radius 3 is 1.82 bits per heavy atom. The highest BCUT2D eigenvalue weighted by molar-refractivity contribution is 6.11. The molecule has 1 aliphatic carbocycles. The molecule has 1 saturated carbocycles. The summed E-state index contributed by atoms with van der Waals surface area (Å²) in [4.78, 5) is 41.1. The van der Waals surface area contributed by atoms with Crippen LogP contribution in [0, 0.1) is 11.8 Å². The van der Waals surface area contributed by atoms with Crippen LogP contribution in [-0.4, -0.2) is 49.6 Å². The highest BCUT2D eigenvalue weighted by atomic mass is 16.5. The van der Waals surface area contributed by atoms with Crippen LogP contribution >= 0.6 is 0 Å². The number of para-hydroxylation sites is 4. The Labute approximate surface area is 227 Å². The number of carbonyl (C=O) groups is 3. The van der Waals surface area contributed by atoms with E-state index in [9.17, 15) is 19.5 Å². The molecule has 204 valence electrons. The zero-order valence-corrected chi connectivity index (χ0v) is 22.3. The number of nitrogens with one attached hydrogen (secondary N) is 2. The molecule has 3 N–H and O–H groups in total. The number of carbonyl (C=O) groups excluding carboxylic acids is 3. The van der Waals surface area contributed by atoms with Crippen LogP contribution in [0.4, 0.5) is 11.4 Å². The molecular weight excluding hydrogens is 500 g/mol. The number of amides is 2. The Bertz CT molecular complexity index is 1350. The van der Waals surface area contributed by atoms with Crippen molar-refractivity contribution in [2.45, 2.75) is 24.9 Å². The van der Waals surface area contributed by atoms with Crippen LogP contribution in [0.15, 0.2) is 72.8 Å². The van der Waals surface area contributed by atoms with Gasteiger partial charge in [0.15, 0.2) is 0 Å². The van der Waals surface area contributed by atoms with Crippen molar-refractivity contribution in [3.63, 3.8) is 0 Å². The molecule has 9 nitrogen and oxygen atoms in total. The van der Waals surface area contributed by atoms with E-state index in [4.69, 9.17) is 14.2 Å². The van der Waals surface area contributed by atoms with Gasteiger partial charge in [-0.2, -0.15) is 0 Å². The van der Waals surface area contributed by atoms with Crippen LogP contribution < -0.4 is 24.8 Å². The molecule has 4 rings (SSSR count). The maximum absolute atomic E-state index is 13.9. The topological polar surface area (TPSA) is 123 Å². The van der Waals surface area contributed by atoms with Crippen molar-refractivity contribution < 1.29 is 33.7 Å². The van der Waals surface area contributed by atoms with E-state index in [1.807, 2.05) is 0 Å². The summed E-state index contributed by atoms with van der Waals surface area (Å²) in [6.45, 7) is 1.45. The maximum Gasteiger partial charge on any atom is 0.235 e. The van der Waals surface area contributed by atoms with E-state index < -0.39 is 41.0 Å². The SMILES string of the molecule is COc1ccc([C@H]2[C@@H](C(=O)Nc3ccccc3OC)C(=O)C[C@@](C)(O)[C@H]2C(=O)Nc2ccccc2OC)cc1. The molecule has 9 heteroatoms. The zero-order valence-electron chi connectivity index (χ0n) is 22.3. The molecular formula is C30H32N2O7. The Morgan fingerprint density at radius 1 is 0.795 bits per heavy atom. The fourth-order valence-electron chi connectivity index (χ4n) is 5.23. The van der Waals surface area contributed by atoms with Crippen LogP contribution in [0.1, 0.15) is 24.8 Å². The fraction of sp³-hybridized carbons (Fsp3) is 0.300. The first-order chi connectivity index (χ1) is 18.7. The van der Waals surface area contributed by atoms with Gasteiger partial charge < -0.3 is 30.0 Å². The first-order valence-corrected chi connectivity index (χ1v) is 12.5. The molecule has 1 aliphatic rings. The molecule has 0 aliphatic heterocycles. The summed E-state index contributed by atoms with van der Waals surface area (Å²) in [5.74, 6) is -3.62. The van der Waals surface area contributed by atoms with Crippen molar-refractivity contribution in [3.05, 3.63) is 78.4 Å². The standard InChI is InChI=1S/C30H32N2O7/c1-30(36)17-22(33)26(28(34)31-20-9-5-7-11-23(20)38-3)25(18-13-15-19(37-2)16-14-18)27(30)29(35)32-21-10-6-8-12-24(21)39-4/h5-16,25-27,36H,17H2,1-4H3,(H,31,34)(H,32,35)/t25-,26-,27+,30+/m0/s1. The molecule has 0 heterocycles. The van der Waals surface area contributed by atoms with Crippen molar-refractivity contribution in [1.29, 1.82) is 0 Å². The summed E-state index contributed by atoms with van der Waals surface area (Å²) in [6, 6.07) is 20.5. The second-order valence-electron chi connectivity index (χ2n) is 9.63. The number of aliphatic hydroxyl groups is 1. The Kier molecular flexibility index (Phi) is 8.21. The summed E-state index contributed by atoms with van der Waals surface area (Å²) in [6.07, 6.45) is -0.381. The molecule has 3 aromatic rings. The van der Waals surface area contributed by atoms with Crippen LogP contribution in [0.25, 0.3) is 0 Å². The normalized spacial score (nSPS) is 22.5. The fourth-order valence-corrected chi connectivity index (χ4v) is 5.23. The average molecular weight is 533 g/mol. The molecule has 3 aromatic carbocycles. The van der Waals surface area contributed by atoms with Gasteiger partial charge in [0.2, 0.25) is 11.8 Å². The van der Waals surface area contributed by atoms with Crippen molar-refractivity contribution in [2.75, 3.05) is 32.0 Å². The van der Waals surface area contributed by atoms with Gasteiger partial charge >= 0.3 is 0 Å². The quantitative estimate of drug-likeness (QED) is 0.374. The number of ketones is 1. The van der Waals surface area contributed by atoms with E-state index in [2.05, 4.69) is 10.6 Å². The van der Waals surface area contributed by atoms with Crippen molar-refractivity contribution in [2.24, 2.45) is 11.8 Å². The molecule has 4 atom stereocenters. The Balaban J connectivity index is 1.79. The molecule has 0 bridgehead atoms. The second kappa shape index (κ2) is 11.6.